The van der Waals surface area contributed by atoms with Crippen LogP contribution in [0.15, 0.2) is 194 Å². The van der Waals surface area contributed by atoms with Crippen LogP contribution < -0.4 is 41.6 Å². The highest BCUT2D eigenvalue weighted by molar-refractivity contribution is 6.09. The topological polar surface area (TPSA) is 184 Å². The molecule has 0 fully saturated rings. The Labute approximate surface area is 374 Å². The fourth-order valence-corrected chi connectivity index (χ4v) is 6.51. The molecule has 0 atom stereocenters. The van der Waals surface area contributed by atoms with Gasteiger partial charge in [-0.25, -0.2) is 0 Å². The van der Waals surface area contributed by atoms with E-state index in [1.807, 2.05) is 12.1 Å². The molecule has 0 aromatic heterocycles. The number of carbonyl (C=O) groups excluding carboxylic acids is 4. The maximum Gasteiger partial charge on any atom is 0.255 e. The highest BCUT2D eigenvalue weighted by Crippen LogP contribution is 2.27. The summed E-state index contributed by atoms with van der Waals surface area (Å²) in [6, 6.07) is 55.0. The normalized spacial score (nSPS) is 10.6. The third kappa shape index (κ3) is 11.6. The lowest BCUT2D eigenvalue weighted by molar-refractivity contribution is 0.0989. The Balaban J connectivity index is 0.794. The van der Waals surface area contributed by atoms with E-state index >= 15 is 0 Å². The number of ether oxygens (including phenoxy) is 3. The summed E-state index contributed by atoms with van der Waals surface area (Å²) < 4.78 is 17.7. The number of nitrogens with two attached hydrogens (primary N) is 2. The van der Waals surface area contributed by atoms with Crippen LogP contribution in [0.1, 0.15) is 47.0 Å². The van der Waals surface area contributed by atoms with Crippen LogP contribution in [0.25, 0.3) is 0 Å². The van der Waals surface area contributed by atoms with Crippen molar-refractivity contribution in [3.05, 3.63) is 222 Å². The molecule has 0 unspecified atom stereocenters. The summed E-state index contributed by atoms with van der Waals surface area (Å²) in [4.78, 5) is 52.6. The predicted molar refractivity (Wildman–Crippen MR) is 252 cm³/mol. The number of anilines is 5. The van der Waals surface area contributed by atoms with E-state index < -0.39 is 0 Å². The molecule has 0 spiro atoms. The van der Waals surface area contributed by atoms with Gasteiger partial charge in [-0.3, -0.25) is 19.2 Å². The van der Waals surface area contributed by atoms with Crippen molar-refractivity contribution in [2.45, 2.75) is 6.42 Å². The summed E-state index contributed by atoms with van der Waals surface area (Å²) >= 11 is 0. The molecule has 8 aromatic rings. The number of ketones is 1. The zero-order chi connectivity index (χ0) is 45.1. The number of benzene rings is 8. The first-order valence-electron chi connectivity index (χ1n) is 20.4. The van der Waals surface area contributed by atoms with E-state index in [0.29, 0.717) is 85.2 Å². The molecule has 320 valence electrons. The second kappa shape index (κ2) is 19.7. The Morgan fingerprint density at radius 1 is 0.354 bits per heavy atom. The van der Waals surface area contributed by atoms with Crippen LogP contribution in [0, 0.1) is 0 Å². The Hall–Kier alpha value is -9.16. The Bertz CT molecular complexity index is 2750. The van der Waals surface area contributed by atoms with Crippen molar-refractivity contribution in [3.63, 3.8) is 0 Å². The van der Waals surface area contributed by atoms with Crippen LogP contribution in [-0.2, 0) is 6.42 Å². The molecule has 0 saturated carbocycles. The molecule has 0 aliphatic heterocycles. The van der Waals surface area contributed by atoms with E-state index in [1.165, 1.54) is 6.07 Å². The molecule has 12 heteroatoms. The molecule has 0 saturated heterocycles. The molecule has 0 heterocycles. The smallest absolute Gasteiger partial charge is 0.255 e. The predicted octanol–water partition coefficient (Wildman–Crippen LogP) is 11.4. The summed E-state index contributed by atoms with van der Waals surface area (Å²) in [5.74, 6) is 2.31. The summed E-state index contributed by atoms with van der Waals surface area (Å²) in [7, 11) is 0. The maximum absolute atomic E-state index is 13.3. The molecule has 3 amide bonds. The first-order chi connectivity index (χ1) is 31.6. The SMILES string of the molecule is Nc1ccc(Oc2ccc(NC(=O)c3cccc(C(=O)Cc4ccc(Oc5ccc(NC(=O)c6cccc(C(=O)Nc7ccc(Oc8ccc(N)cc8)cc7)c6)cc5)cc4)c3)cc2)cc1. The molecule has 12 nitrogen and oxygen atoms in total. The van der Waals surface area contributed by atoms with Crippen molar-refractivity contribution in [1.82, 2.24) is 0 Å². The number of rotatable bonds is 15. The van der Waals surface area contributed by atoms with Crippen LogP contribution in [0.2, 0.25) is 0 Å². The van der Waals surface area contributed by atoms with Crippen LogP contribution in [0.4, 0.5) is 28.4 Å². The molecular formula is C53H41N5O7. The first-order valence-corrected chi connectivity index (χ1v) is 20.4. The lowest BCUT2D eigenvalue weighted by Gasteiger charge is -2.10. The van der Waals surface area contributed by atoms with Gasteiger partial charge in [0.15, 0.2) is 5.78 Å². The van der Waals surface area contributed by atoms with E-state index in [2.05, 4.69) is 16.0 Å². The van der Waals surface area contributed by atoms with Gasteiger partial charge < -0.3 is 41.6 Å². The summed E-state index contributed by atoms with van der Waals surface area (Å²) in [6.07, 6.45) is 0.124. The Kier molecular flexibility index (Phi) is 12.9. The lowest BCUT2D eigenvalue weighted by atomic mass is 10.0. The number of nitrogen functional groups attached to an aromatic ring is 2. The van der Waals surface area contributed by atoms with Crippen LogP contribution in [0.5, 0.6) is 34.5 Å². The second-order valence-electron chi connectivity index (χ2n) is 14.8. The van der Waals surface area contributed by atoms with Crippen molar-refractivity contribution < 1.29 is 33.4 Å². The summed E-state index contributed by atoms with van der Waals surface area (Å²) in [6.45, 7) is 0. The number of amides is 3. The minimum Gasteiger partial charge on any atom is -0.457 e. The third-order valence-electron chi connectivity index (χ3n) is 9.93. The Morgan fingerprint density at radius 2 is 0.631 bits per heavy atom. The highest BCUT2D eigenvalue weighted by Gasteiger charge is 2.14. The van der Waals surface area contributed by atoms with Crippen molar-refractivity contribution in [1.29, 1.82) is 0 Å². The third-order valence-corrected chi connectivity index (χ3v) is 9.93. The molecule has 7 N–H and O–H groups in total. The zero-order valence-corrected chi connectivity index (χ0v) is 34.7. The van der Waals surface area contributed by atoms with Gasteiger partial charge in [0, 0.05) is 57.1 Å². The molecule has 8 rings (SSSR count). The molecule has 8 aromatic carbocycles. The van der Waals surface area contributed by atoms with E-state index in [-0.39, 0.29) is 29.9 Å². The number of hydrogen-bond acceptors (Lipinski definition) is 9. The molecule has 0 bridgehead atoms. The minimum atomic E-state index is -0.388. The van der Waals surface area contributed by atoms with Gasteiger partial charge in [-0.15, -0.1) is 0 Å². The van der Waals surface area contributed by atoms with Crippen molar-refractivity contribution >= 4 is 51.9 Å². The maximum atomic E-state index is 13.3. The van der Waals surface area contributed by atoms with Gasteiger partial charge in [-0.2, -0.15) is 0 Å². The van der Waals surface area contributed by atoms with Gasteiger partial charge in [0.2, 0.25) is 0 Å². The van der Waals surface area contributed by atoms with Crippen molar-refractivity contribution in [3.8, 4) is 34.5 Å². The quantitative estimate of drug-likeness (QED) is 0.0494. The molecule has 0 aliphatic rings. The van der Waals surface area contributed by atoms with Crippen LogP contribution in [0.3, 0.4) is 0 Å². The highest BCUT2D eigenvalue weighted by atomic mass is 16.5. The number of Topliss-reactive ketones (excluding diaryl/α,β-unsaturated/α-hetero) is 1. The largest absolute Gasteiger partial charge is 0.457 e. The molecule has 0 radical (unpaired) electrons. The number of carbonyl (C=O) groups is 4. The van der Waals surface area contributed by atoms with E-state index in [9.17, 15) is 19.2 Å². The summed E-state index contributed by atoms with van der Waals surface area (Å²) in [5, 5.41) is 8.56. The Morgan fingerprint density at radius 3 is 0.969 bits per heavy atom. The second-order valence-corrected chi connectivity index (χ2v) is 14.8. The molecule has 0 aliphatic carbocycles. The number of hydrogen-bond donors (Lipinski definition) is 5. The van der Waals surface area contributed by atoms with Gasteiger partial charge in [0.1, 0.15) is 34.5 Å². The van der Waals surface area contributed by atoms with Gasteiger partial charge in [0.25, 0.3) is 17.7 Å². The number of nitrogens with one attached hydrogen (secondary N) is 3. The van der Waals surface area contributed by atoms with Gasteiger partial charge in [-0.05, 0) is 169 Å². The lowest BCUT2D eigenvalue weighted by Crippen LogP contribution is -2.15. The first kappa shape index (κ1) is 42.5. The fraction of sp³-hybridized carbons (Fsp3) is 0.0189. The van der Waals surface area contributed by atoms with Crippen molar-refractivity contribution in [2.75, 3.05) is 27.4 Å². The van der Waals surface area contributed by atoms with E-state index in [4.69, 9.17) is 25.7 Å². The van der Waals surface area contributed by atoms with Crippen LogP contribution >= 0.6 is 0 Å². The van der Waals surface area contributed by atoms with Gasteiger partial charge in [-0.1, -0.05) is 30.3 Å². The average molecular weight is 860 g/mol. The zero-order valence-electron chi connectivity index (χ0n) is 34.7. The summed E-state index contributed by atoms with van der Waals surface area (Å²) in [5.41, 5.74) is 16.6. The minimum absolute atomic E-state index is 0.124. The molecule has 65 heavy (non-hydrogen) atoms. The average Bonchev–Trinajstić information content (AvgIpc) is 3.33. The molecular weight excluding hydrogens is 819 g/mol. The van der Waals surface area contributed by atoms with E-state index in [1.54, 1.807) is 176 Å². The van der Waals surface area contributed by atoms with Crippen LogP contribution in [-0.4, -0.2) is 23.5 Å². The van der Waals surface area contributed by atoms with E-state index in [0.717, 1.165) is 5.56 Å². The van der Waals surface area contributed by atoms with Crippen molar-refractivity contribution in [2.24, 2.45) is 0 Å². The standard InChI is InChI=1S/C53H41N5O7/c54-39-9-21-45(22-10-39)64-48-27-15-41(16-28-48)56-51(60)36-4-1-3-35(32-36)50(59)31-34-7-19-44(20-8-34)63-47-25-13-42(14-26-47)57-52(61)37-5-2-6-38(33-37)53(62)58-43-17-29-49(30-18-43)65-46-23-11-40(55)12-24-46/h1-30,32-33H,31,54-55H2,(H,56,60)(H,57,61)(H,58,62). The fourth-order valence-electron chi connectivity index (χ4n) is 6.51. The van der Waals surface area contributed by atoms with Gasteiger partial charge >= 0.3 is 0 Å². The monoisotopic (exact) mass is 859 g/mol. The van der Waals surface area contributed by atoms with Gasteiger partial charge in [0.05, 0.1) is 0 Å².